The highest BCUT2D eigenvalue weighted by molar-refractivity contribution is 6.33. The number of hydrogen-bond acceptors (Lipinski definition) is 3. The van der Waals surface area contributed by atoms with Crippen LogP contribution in [0.15, 0.2) is 12.1 Å². The summed E-state index contributed by atoms with van der Waals surface area (Å²) >= 11 is 5.79. The SMILES string of the molecule is COC(=O)C1CN(C(=O)c2cc(F)c(F)cc2Cl)CC1C. The Labute approximate surface area is 125 Å². The minimum atomic E-state index is -1.14. The van der Waals surface area contributed by atoms with E-state index in [1.165, 1.54) is 12.0 Å². The summed E-state index contributed by atoms with van der Waals surface area (Å²) in [5, 5.41) is -0.159. The normalized spacial score (nSPS) is 21.5. The second kappa shape index (κ2) is 5.97. The lowest BCUT2D eigenvalue weighted by atomic mass is 9.99. The zero-order chi connectivity index (χ0) is 15.7. The van der Waals surface area contributed by atoms with E-state index in [4.69, 9.17) is 11.6 Å². The molecule has 7 heteroatoms. The van der Waals surface area contributed by atoms with Gasteiger partial charge in [-0.25, -0.2) is 8.78 Å². The van der Waals surface area contributed by atoms with Crippen LogP contribution >= 0.6 is 11.6 Å². The highest BCUT2D eigenvalue weighted by Crippen LogP contribution is 2.28. The van der Waals surface area contributed by atoms with Crippen molar-refractivity contribution in [2.75, 3.05) is 20.2 Å². The molecule has 2 rings (SSSR count). The molecule has 0 N–H and O–H groups in total. The third-order valence-electron chi connectivity index (χ3n) is 3.64. The Kier molecular flexibility index (Phi) is 4.46. The van der Waals surface area contributed by atoms with Crippen molar-refractivity contribution in [2.24, 2.45) is 11.8 Å². The van der Waals surface area contributed by atoms with Gasteiger partial charge in [0, 0.05) is 13.1 Å². The average Bonchev–Trinajstić information content (AvgIpc) is 2.83. The number of ether oxygens (including phenoxy) is 1. The average molecular weight is 318 g/mol. The van der Waals surface area contributed by atoms with Crippen LogP contribution in [0.2, 0.25) is 5.02 Å². The second-order valence-corrected chi connectivity index (χ2v) is 5.47. The number of likely N-dealkylation sites (tertiary alicyclic amines) is 1. The van der Waals surface area contributed by atoms with Crippen LogP contribution in [0.3, 0.4) is 0 Å². The topological polar surface area (TPSA) is 46.6 Å². The maximum Gasteiger partial charge on any atom is 0.310 e. The van der Waals surface area contributed by atoms with Crippen molar-refractivity contribution in [3.63, 3.8) is 0 Å². The molecule has 1 fully saturated rings. The first-order valence-corrected chi connectivity index (χ1v) is 6.74. The van der Waals surface area contributed by atoms with Gasteiger partial charge in [0.15, 0.2) is 11.6 Å². The molecule has 1 aliphatic heterocycles. The number of halogens is 3. The van der Waals surface area contributed by atoms with Gasteiger partial charge in [-0.2, -0.15) is 0 Å². The number of rotatable bonds is 2. The second-order valence-electron chi connectivity index (χ2n) is 5.06. The van der Waals surface area contributed by atoms with Crippen LogP contribution in [0.5, 0.6) is 0 Å². The summed E-state index contributed by atoms with van der Waals surface area (Å²) in [5.74, 6) is -3.68. The van der Waals surface area contributed by atoms with Crippen LogP contribution in [-0.2, 0) is 9.53 Å². The number of benzene rings is 1. The summed E-state index contributed by atoms with van der Waals surface area (Å²) in [6, 6.07) is 1.54. The molecule has 0 bridgehead atoms. The molecule has 21 heavy (non-hydrogen) atoms. The van der Waals surface area contributed by atoms with E-state index in [0.29, 0.717) is 6.54 Å². The van der Waals surface area contributed by atoms with Gasteiger partial charge in [-0.3, -0.25) is 9.59 Å². The van der Waals surface area contributed by atoms with Crippen molar-refractivity contribution in [3.8, 4) is 0 Å². The van der Waals surface area contributed by atoms with E-state index in [1.54, 1.807) is 0 Å². The number of esters is 1. The fourth-order valence-electron chi connectivity index (χ4n) is 2.45. The molecule has 2 unspecified atom stereocenters. The van der Waals surface area contributed by atoms with Crippen LogP contribution in [-0.4, -0.2) is 37.0 Å². The van der Waals surface area contributed by atoms with Gasteiger partial charge < -0.3 is 9.64 Å². The molecular formula is C14H14ClF2NO3. The van der Waals surface area contributed by atoms with Crippen molar-refractivity contribution in [1.82, 2.24) is 4.90 Å². The molecule has 1 saturated heterocycles. The maximum atomic E-state index is 13.3. The Morgan fingerprint density at radius 1 is 1.29 bits per heavy atom. The summed E-state index contributed by atoms with van der Waals surface area (Å²) in [6.07, 6.45) is 0. The van der Waals surface area contributed by atoms with Gasteiger partial charge in [-0.05, 0) is 18.1 Å². The predicted octanol–water partition coefficient (Wildman–Crippen LogP) is 2.50. The number of carbonyl (C=O) groups excluding carboxylic acids is 2. The van der Waals surface area contributed by atoms with Gasteiger partial charge in [-0.1, -0.05) is 18.5 Å². The molecule has 0 radical (unpaired) electrons. The number of hydrogen-bond donors (Lipinski definition) is 0. The third-order valence-corrected chi connectivity index (χ3v) is 3.96. The van der Waals surface area contributed by atoms with Crippen LogP contribution in [0, 0.1) is 23.5 Å². The lowest BCUT2D eigenvalue weighted by Crippen LogP contribution is -2.30. The molecule has 1 amide bonds. The van der Waals surface area contributed by atoms with Crippen molar-refractivity contribution < 1.29 is 23.1 Å². The van der Waals surface area contributed by atoms with Crippen LogP contribution < -0.4 is 0 Å². The maximum absolute atomic E-state index is 13.3. The lowest BCUT2D eigenvalue weighted by Gasteiger charge is -2.17. The first kappa shape index (κ1) is 15.7. The Morgan fingerprint density at radius 3 is 2.52 bits per heavy atom. The minimum absolute atomic E-state index is 0.0783. The fourth-order valence-corrected chi connectivity index (χ4v) is 2.68. The molecule has 2 atom stereocenters. The number of amides is 1. The fraction of sp³-hybridized carbons (Fsp3) is 0.429. The van der Waals surface area contributed by atoms with Gasteiger partial charge in [0.1, 0.15) is 0 Å². The van der Waals surface area contributed by atoms with Gasteiger partial charge in [0.05, 0.1) is 23.6 Å². The molecule has 4 nitrogen and oxygen atoms in total. The monoisotopic (exact) mass is 317 g/mol. The van der Waals surface area contributed by atoms with Crippen molar-refractivity contribution in [1.29, 1.82) is 0 Å². The van der Waals surface area contributed by atoms with E-state index < -0.39 is 29.4 Å². The van der Waals surface area contributed by atoms with Crippen LogP contribution in [0.25, 0.3) is 0 Å². The number of carbonyl (C=O) groups is 2. The summed E-state index contributed by atoms with van der Waals surface area (Å²) in [6.45, 7) is 2.32. The highest BCUT2D eigenvalue weighted by atomic mass is 35.5. The Bertz CT molecular complexity index is 594. The largest absolute Gasteiger partial charge is 0.469 e. The number of nitrogens with zero attached hydrogens (tertiary/aromatic N) is 1. The standard InChI is InChI=1S/C14H14ClF2NO3/c1-7-5-18(6-9(7)14(20)21-2)13(19)8-3-11(16)12(17)4-10(8)15/h3-4,7,9H,5-6H2,1-2H3. The van der Waals surface area contributed by atoms with Gasteiger partial charge >= 0.3 is 5.97 Å². The Hall–Kier alpha value is -1.69. The zero-order valence-electron chi connectivity index (χ0n) is 11.5. The summed E-state index contributed by atoms with van der Waals surface area (Å²) in [5.41, 5.74) is -0.117. The van der Waals surface area contributed by atoms with Crippen molar-refractivity contribution in [2.45, 2.75) is 6.92 Å². The molecule has 114 valence electrons. The smallest absolute Gasteiger partial charge is 0.310 e. The number of methoxy groups -OCH3 is 1. The molecule has 0 spiro atoms. The van der Waals surface area contributed by atoms with E-state index in [9.17, 15) is 18.4 Å². The van der Waals surface area contributed by atoms with Gasteiger partial charge in [-0.15, -0.1) is 0 Å². The molecule has 0 saturated carbocycles. The summed E-state index contributed by atoms with van der Waals surface area (Å²) in [4.78, 5) is 25.3. The van der Waals surface area contributed by atoms with E-state index in [0.717, 1.165) is 12.1 Å². The molecule has 0 aromatic heterocycles. The highest BCUT2D eigenvalue weighted by Gasteiger charge is 2.38. The molecule has 0 aliphatic carbocycles. The molecule has 1 aromatic rings. The summed E-state index contributed by atoms with van der Waals surface area (Å²) < 4.78 is 31.0. The van der Waals surface area contributed by atoms with Gasteiger partial charge in [0.25, 0.3) is 5.91 Å². The van der Waals surface area contributed by atoms with E-state index in [2.05, 4.69) is 4.74 Å². The predicted molar refractivity (Wildman–Crippen MR) is 71.9 cm³/mol. The summed E-state index contributed by atoms with van der Waals surface area (Å²) in [7, 11) is 1.28. The van der Waals surface area contributed by atoms with Crippen LogP contribution in [0.4, 0.5) is 8.78 Å². The zero-order valence-corrected chi connectivity index (χ0v) is 12.3. The van der Waals surface area contributed by atoms with Gasteiger partial charge in [0.2, 0.25) is 0 Å². The first-order chi connectivity index (χ1) is 9.85. The molecule has 1 heterocycles. The lowest BCUT2D eigenvalue weighted by molar-refractivity contribution is -0.146. The first-order valence-electron chi connectivity index (χ1n) is 6.36. The van der Waals surface area contributed by atoms with E-state index >= 15 is 0 Å². The molecule has 1 aromatic carbocycles. The minimum Gasteiger partial charge on any atom is -0.469 e. The van der Waals surface area contributed by atoms with Crippen molar-refractivity contribution >= 4 is 23.5 Å². The van der Waals surface area contributed by atoms with Crippen molar-refractivity contribution in [3.05, 3.63) is 34.4 Å². The Balaban J connectivity index is 2.22. The third kappa shape index (κ3) is 3.00. The van der Waals surface area contributed by atoms with E-state index in [-0.39, 0.29) is 23.0 Å². The molecular weight excluding hydrogens is 304 g/mol. The van der Waals surface area contributed by atoms with E-state index in [1.807, 2.05) is 6.92 Å². The quantitative estimate of drug-likeness (QED) is 0.622. The Morgan fingerprint density at radius 2 is 1.90 bits per heavy atom. The molecule has 1 aliphatic rings. The van der Waals surface area contributed by atoms with Crippen LogP contribution in [0.1, 0.15) is 17.3 Å².